The Balaban J connectivity index is 1.98. The number of rotatable bonds is 2. The van der Waals surface area contributed by atoms with Gasteiger partial charge in [0.2, 0.25) is 5.91 Å². The van der Waals surface area contributed by atoms with Crippen LogP contribution in [0.4, 0.5) is 11.4 Å². The fourth-order valence-electron chi connectivity index (χ4n) is 2.49. The topological polar surface area (TPSA) is 74.2 Å². The van der Waals surface area contributed by atoms with E-state index in [1.165, 1.54) is 6.92 Å². The molecular formula is C17H15N3O2. The van der Waals surface area contributed by atoms with Gasteiger partial charge in [0.15, 0.2) is 5.54 Å². The van der Waals surface area contributed by atoms with E-state index >= 15 is 0 Å². The van der Waals surface area contributed by atoms with Crippen LogP contribution in [0.5, 0.6) is 5.75 Å². The zero-order valence-electron chi connectivity index (χ0n) is 12.1. The SMILES string of the molecule is CC(=O)Nc1ccc2c(c1)NC(C#N)(c1ccccc1)CO2. The number of nitrogens with one attached hydrogen (secondary N) is 2. The zero-order valence-corrected chi connectivity index (χ0v) is 12.1. The highest BCUT2D eigenvalue weighted by molar-refractivity contribution is 5.89. The van der Waals surface area contributed by atoms with Crippen LogP contribution in [-0.2, 0) is 10.3 Å². The monoisotopic (exact) mass is 293 g/mol. The molecule has 0 radical (unpaired) electrons. The first kappa shape index (κ1) is 14.0. The summed E-state index contributed by atoms with van der Waals surface area (Å²) in [7, 11) is 0. The fraction of sp³-hybridized carbons (Fsp3) is 0.176. The maximum Gasteiger partial charge on any atom is 0.221 e. The van der Waals surface area contributed by atoms with Crippen LogP contribution in [0.3, 0.4) is 0 Å². The third-order valence-electron chi connectivity index (χ3n) is 3.55. The molecule has 0 fully saturated rings. The minimum atomic E-state index is -0.941. The molecule has 1 aliphatic heterocycles. The summed E-state index contributed by atoms with van der Waals surface area (Å²) in [4.78, 5) is 11.2. The maximum atomic E-state index is 11.2. The Morgan fingerprint density at radius 3 is 2.77 bits per heavy atom. The number of benzene rings is 2. The average molecular weight is 293 g/mol. The summed E-state index contributed by atoms with van der Waals surface area (Å²) >= 11 is 0. The van der Waals surface area contributed by atoms with Crippen molar-refractivity contribution in [1.29, 1.82) is 5.26 Å². The minimum Gasteiger partial charge on any atom is -0.487 e. The van der Waals surface area contributed by atoms with E-state index in [4.69, 9.17) is 4.74 Å². The molecule has 1 amide bonds. The van der Waals surface area contributed by atoms with Gasteiger partial charge in [-0.15, -0.1) is 0 Å². The second-order valence-electron chi connectivity index (χ2n) is 5.19. The highest BCUT2D eigenvalue weighted by Crippen LogP contribution is 2.38. The number of nitriles is 1. The number of anilines is 2. The first-order chi connectivity index (χ1) is 10.6. The van der Waals surface area contributed by atoms with Crippen LogP contribution in [0.2, 0.25) is 0 Å². The largest absolute Gasteiger partial charge is 0.487 e. The molecule has 0 saturated heterocycles. The Bertz CT molecular complexity index is 752. The maximum absolute atomic E-state index is 11.2. The molecule has 1 unspecified atom stereocenters. The van der Waals surface area contributed by atoms with Crippen LogP contribution in [0.15, 0.2) is 48.5 Å². The standard InChI is InChI=1S/C17H15N3O2/c1-12(21)19-14-7-8-16-15(9-14)20-17(10-18,11-22-16)13-5-3-2-4-6-13/h2-9,20H,11H2,1H3,(H,19,21). The summed E-state index contributed by atoms with van der Waals surface area (Å²) in [6.07, 6.45) is 0. The summed E-state index contributed by atoms with van der Waals surface area (Å²) in [6.45, 7) is 1.67. The lowest BCUT2D eigenvalue weighted by Crippen LogP contribution is -2.42. The highest BCUT2D eigenvalue weighted by Gasteiger charge is 2.37. The number of carbonyl (C=O) groups excluding carboxylic acids is 1. The molecule has 3 rings (SSSR count). The van der Waals surface area contributed by atoms with E-state index in [-0.39, 0.29) is 12.5 Å². The van der Waals surface area contributed by atoms with Gasteiger partial charge in [-0.1, -0.05) is 30.3 Å². The van der Waals surface area contributed by atoms with Gasteiger partial charge < -0.3 is 15.4 Å². The smallest absolute Gasteiger partial charge is 0.221 e. The Hall–Kier alpha value is -3.00. The molecule has 2 N–H and O–H groups in total. The first-order valence-corrected chi connectivity index (χ1v) is 6.92. The van der Waals surface area contributed by atoms with Crippen LogP contribution in [0, 0.1) is 11.3 Å². The lowest BCUT2D eigenvalue weighted by Gasteiger charge is -2.34. The van der Waals surface area contributed by atoms with E-state index in [0.717, 1.165) is 5.56 Å². The van der Waals surface area contributed by atoms with Gasteiger partial charge in [0.25, 0.3) is 0 Å². The van der Waals surface area contributed by atoms with Crippen LogP contribution in [0.25, 0.3) is 0 Å². The van der Waals surface area contributed by atoms with Crippen molar-refractivity contribution in [1.82, 2.24) is 0 Å². The first-order valence-electron chi connectivity index (χ1n) is 6.92. The van der Waals surface area contributed by atoms with Crippen LogP contribution < -0.4 is 15.4 Å². The summed E-state index contributed by atoms with van der Waals surface area (Å²) in [6, 6.07) is 17.1. The molecule has 2 aromatic rings. The van der Waals surface area contributed by atoms with Gasteiger partial charge in [-0.05, 0) is 23.8 Å². The Morgan fingerprint density at radius 2 is 2.09 bits per heavy atom. The second-order valence-corrected chi connectivity index (χ2v) is 5.19. The number of fused-ring (bicyclic) bond motifs is 1. The van der Waals surface area contributed by atoms with E-state index in [1.807, 2.05) is 30.3 Å². The normalized spacial score (nSPS) is 19.1. The van der Waals surface area contributed by atoms with Crippen molar-refractivity contribution in [3.63, 3.8) is 0 Å². The summed E-state index contributed by atoms with van der Waals surface area (Å²) in [5, 5.41) is 15.6. The highest BCUT2D eigenvalue weighted by atomic mass is 16.5. The molecule has 0 aromatic heterocycles. The third kappa shape index (κ3) is 2.47. The lowest BCUT2D eigenvalue weighted by atomic mass is 9.90. The van der Waals surface area contributed by atoms with E-state index in [9.17, 15) is 10.1 Å². The third-order valence-corrected chi connectivity index (χ3v) is 3.55. The molecule has 0 bridgehead atoms. The van der Waals surface area contributed by atoms with Gasteiger partial charge in [0.1, 0.15) is 12.4 Å². The number of hydrogen-bond donors (Lipinski definition) is 2. The Labute approximate surface area is 128 Å². The van der Waals surface area contributed by atoms with Crippen LogP contribution in [0.1, 0.15) is 12.5 Å². The number of amides is 1. The predicted octanol–water partition coefficient (Wildman–Crippen LogP) is 2.87. The minimum absolute atomic E-state index is 0.147. The van der Waals surface area contributed by atoms with Crippen molar-refractivity contribution < 1.29 is 9.53 Å². The van der Waals surface area contributed by atoms with Crippen molar-refractivity contribution in [2.24, 2.45) is 0 Å². The summed E-state index contributed by atoms with van der Waals surface area (Å²) < 4.78 is 5.75. The molecule has 5 heteroatoms. The van der Waals surface area contributed by atoms with Crippen molar-refractivity contribution >= 4 is 17.3 Å². The molecule has 0 spiro atoms. The van der Waals surface area contributed by atoms with Crippen LogP contribution >= 0.6 is 0 Å². The number of carbonyl (C=O) groups is 1. The molecule has 2 aromatic carbocycles. The Kier molecular flexibility index (Phi) is 3.43. The van der Waals surface area contributed by atoms with Crippen molar-refractivity contribution in [2.75, 3.05) is 17.2 Å². The van der Waals surface area contributed by atoms with E-state index < -0.39 is 5.54 Å². The molecular weight excluding hydrogens is 278 g/mol. The number of hydrogen-bond acceptors (Lipinski definition) is 4. The van der Waals surface area contributed by atoms with Gasteiger partial charge in [0.05, 0.1) is 11.8 Å². The Morgan fingerprint density at radius 1 is 1.32 bits per heavy atom. The fourth-order valence-corrected chi connectivity index (χ4v) is 2.49. The van der Waals surface area contributed by atoms with Gasteiger partial charge in [-0.2, -0.15) is 5.26 Å². The van der Waals surface area contributed by atoms with E-state index in [0.29, 0.717) is 17.1 Å². The molecule has 5 nitrogen and oxygen atoms in total. The predicted molar refractivity (Wildman–Crippen MR) is 83.6 cm³/mol. The number of ether oxygens (including phenoxy) is 1. The molecule has 110 valence electrons. The van der Waals surface area contributed by atoms with Gasteiger partial charge >= 0.3 is 0 Å². The number of nitrogens with zero attached hydrogens (tertiary/aromatic N) is 1. The van der Waals surface area contributed by atoms with E-state index in [2.05, 4.69) is 16.7 Å². The quantitative estimate of drug-likeness (QED) is 0.893. The summed E-state index contributed by atoms with van der Waals surface area (Å²) in [5.74, 6) is 0.516. The lowest BCUT2D eigenvalue weighted by molar-refractivity contribution is -0.114. The zero-order chi connectivity index (χ0) is 15.6. The summed E-state index contributed by atoms with van der Waals surface area (Å²) in [5.41, 5.74) is 1.24. The van der Waals surface area contributed by atoms with Gasteiger partial charge in [-0.3, -0.25) is 4.79 Å². The van der Waals surface area contributed by atoms with Crippen LogP contribution in [-0.4, -0.2) is 12.5 Å². The molecule has 1 atom stereocenters. The van der Waals surface area contributed by atoms with Crippen molar-refractivity contribution in [3.8, 4) is 11.8 Å². The molecule has 22 heavy (non-hydrogen) atoms. The average Bonchev–Trinajstić information content (AvgIpc) is 2.54. The van der Waals surface area contributed by atoms with Crippen molar-refractivity contribution in [2.45, 2.75) is 12.5 Å². The van der Waals surface area contributed by atoms with Gasteiger partial charge in [0, 0.05) is 12.6 Å². The van der Waals surface area contributed by atoms with Gasteiger partial charge in [-0.25, -0.2) is 0 Å². The van der Waals surface area contributed by atoms with E-state index in [1.54, 1.807) is 18.2 Å². The molecule has 1 aliphatic rings. The van der Waals surface area contributed by atoms with Crippen molar-refractivity contribution in [3.05, 3.63) is 54.1 Å². The molecule has 0 aliphatic carbocycles. The molecule has 1 heterocycles. The second kappa shape index (κ2) is 5.41. The molecule has 0 saturated carbocycles.